The van der Waals surface area contributed by atoms with E-state index in [0.717, 1.165) is 64.6 Å². The largest absolute Gasteiger partial charge is 0.369 e. The average molecular weight is 327 g/mol. The van der Waals surface area contributed by atoms with Crippen LogP contribution in [0.2, 0.25) is 0 Å². The first kappa shape index (κ1) is 19.6. The van der Waals surface area contributed by atoms with E-state index in [1.54, 1.807) is 0 Å². The number of unbranched alkanes of at least 4 members (excludes halogenated alkanes) is 5. The van der Waals surface area contributed by atoms with Crippen molar-refractivity contribution in [3.05, 3.63) is 0 Å². The molecule has 1 aliphatic heterocycles. The molecule has 10 N–H and O–H groups in total. The summed E-state index contributed by atoms with van der Waals surface area (Å²) in [7, 11) is 0. The Morgan fingerprint density at radius 3 is 2.30 bits per heavy atom. The quantitative estimate of drug-likeness (QED) is 0.157. The Balaban J connectivity index is 2.58. The van der Waals surface area contributed by atoms with E-state index in [2.05, 4.69) is 27.7 Å². The van der Waals surface area contributed by atoms with Gasteiger partial charge in [-0.1, -0.05) is 32.6 Å². The van der Waals surface area contributed by atoms with Crippen molar-refractivity contribution in [2.24, 2.45) is 32.9 Å². The highest BCUT2D eigenvalue weighted by Gasteiger charge is 2.34. The van der Waals surface area contributed by atoms with E-state index in [1.165, 1.54) is 0 Å². The number of guanidine groups is 2. The van der Waals surface area contributed by atoms with Gasteiger partial charge in [-0.3, -0.25) is 16.5 Å². The van der Waals surface area contributed by atoms with Crippen LogP contribution in [0.4, 0.5) is 0 Å². The number of nitrogens with one attached hydrogen (secondary N) is 2. The van der Waals surface area contributed by atoms with Gasteiger partial charge in [0.15, 0.2) is 11.9 Å². The van der Waals surface area contributed by atoms with E-state index in [1.807, 2.05) is 5.01 Å². The van der Waals surface area contributed by atoms with Crippen molar-refractivity contribution in [1.82, 2.24) is 15.8 Å². The molecule has 0 fully saturated rings. The molecular formula is C14H33N9. The molecule has 0 amide bonds. The highest BCUT2D eigenvalue weighted by atomic mass is 15.7. The minimum Gasteiger partial charge on any atom is -0.369 e. The van der Waals surface area contributed by atoms with Gasteiger partial charge in [0, 0.05) is 13.1 Å². The van der Waals surface area contributed by atoms with Gasteiger partial charge in [0.1, 0.15) is 0 Å². The van der Waals surface area contributed by atoms with Crippen LogP contribution in [0.15, 0.2) is 9.98 Å². The second kappa shape index (κ2) is 10.4. The van der Waals surface area contributed by atoms with Crippen LogP contribution in [0.3, 0.4) is 0 Å². The third kappa shape index (κ3) is 7.12. The van der Waals surface area contributed by atoms with E-state index in [0.29, 0.717) is 0 Å². The molecule has 1 heterocycles. The van der Waals surface area contributed by atoms with Gasteiger partial charge >= 0.3 is 0 Å². The molecule has 0 aromatic heterocycles. The van der Waals surface area contributed by atoms with Gasteiger partial charge in [-0.25, -0.2) is 0 Å². The van der Waals surface area contributed by atoms with E-state index in [-0.39, 0.29) is 11.9 Å². The number of hydrazine groups is 1. The zero-order chi connectivity index (χ0) is 17.1. The van der Waals surface area contributed by atoms with Crippen molar-refractivity contribution >= 4 is 11.9 Å². The average Bonchev–Trinajstić information content (AvgIpc) is 2.47. The topological polar surface area (TPSA) is 156 Å². The smallest absolute Gasteiger partial charge is 0.283 e. The number of hydrogen-bond donors (Lipinski definition) is 6. The fourth-order valence-electron chi connectivity index (χ4n) is 2.40. The van der Waals surface area contributed by atoms with Crippen LogP contribution in [-0.4, -0.2) is 42.5 Å². The molecule has 9 nitrogen and oxygen atoms in total. The Morgan fingerprint density at radius 2 is 1.70 bits per heavy atom. The lowest BCUT2D eigenvalue weighted by Crippen LogP contribution is -2.64. The normalized spacial score (nSPS) is 16.9. The molecule has 23 heavy (non-hydrogen) atoms. The summed E-state index contributed by atoms with van der Waals surface area (Å²) < 4.78 is 0. The molecule has 0 aliphatic carbocycles. The van der Waals surface area contributed by atoms with E-state index < -0.39 is 5.91 Å². The Bertz CT molecular complexity index is 376. The zero-order valence-corrected chi connectivity index (χ0v) is 14.2. The second-order valence-electron chi connectivity index (χ2n) is 5.78. The highest BCUT2D eigenvalue weighted by Crippen LogP contribution is 2.14. The first-order valence-electron chi connectivity index (χ1n) is 8.49. The van der Waals surface area contributed by atoms with Crippen molar-refractivity contribution in [2.75, 3.05) is 19.6 Å². The third-order valence-corrected chi connectivity index (χ3v) is 3.64. The van der Waals surface area contributed by atoms with Crippen LogP contribution in [-0.2, 0) is 0 Å². The molecule has 0 spiro atoms. The standard InChI is InChI=1S/C14H33N9/c1-2-3-8-11-23(19-10-7-5-4-6-9-15)14(18)21-12(16)20-13(17)22-14/h19H,2-11,15,18H2,1H3,(H5,16,17,20,21,22). The SMILES string of the molecule is CCCCCN(NCCCCCCN)C1(N)N=C(N)NC(N)=N1. The van der Waals surface area contributed by atoms with Gasteiger partial charge in [-0.15, -0.1) is 0 Å². The van der Waals surface area contributed by atoms with Crippen LogP contribution >= 0.6 is 0 Å². The third-order valence-electron chi connectivity index (χ3n) is 3.64. The molecule has 0 unspecified atom stereocenters. The number of aliphatic imine (C=N–C) groups is 2. The van der Waals surface area contributed by atoms with Crippen molar-refractivity contribution in [2.45, 2.75) is 57.8 Å². The molecule has 9 heteroatoms. The fraction of sp³-hybridized carbons (Fsp3) is 0.857. The van der Waals surface area contributed by atoms with Crippen LogP contribution in [0.25, 0.3) is 0 Å². The molecular weight excluding hydrogens is 294 g/mol. The van der Waals surface area contributed by atoms with Gasteiger partial charge in [0.25, 0.3) is 5.91 Å². The lowest BCUT2D eigenvalue weighted by molar-refractivity contribution is 0.0448. The predicted octanol–water partition coefficient (Wildman–Crippen LogP) is -0.695. The number of rotatable bonds is 12. The van der Waals surface area contributed by atoms with Gasteiger partial charge in [0.05, 0.1) is 0 Å². The molecule has 1 rings (SSSR count). The predicted molar refractivity (Wildman–Crippen MR) is 95.1 cm³/mol. The molecule has 0 bridgehead atoms. The van der Waals surface area contributed by atoms with E-state index >= 15 is 0 Å². The Labute approximate surface area is 138 Å². The van der Waals surface area contributed by atoms with Gasteiger partial charge < -0.3 is 17.2 Å². The summed E-state index contributed by atoms with van der Waals surface area (Å²) in [6.07, 6.45) is 7.61. The molecule has 0 aromatic carbocycles. The first-order chi connectivity index (χ1) is 11.0. The molecule has 0 radical (unpaired) electrons. The highest BCUT2D eigenvalue weighted by molar-refractivity contribution is 5.98. The van der Waals surface area contributed by atoms with Crippen LogP contribution in [0, 0.1) is 0 Å². The molecule has 0 aromatic rings. The Morgan fingerprint density at radius 1 is 1.04 bits per heavy atom. The minimum atomic E-state index is -1.30. The lowest BCUT2D eigenvalue weighted by Gasteiger charge is -2.36. The minimum absolute atomic E-state index is 0.172. The molecule has 1 aliphatic rings. The maximum absolute atomic E-state index is 6.30. The summed E-state index contributed by atoms with van der Waals surface area (Å²) >= 11 is 0. The van der Waals surface area contributed by atoms with Gasteiger partial charge in [0.2, 0.25) is 0 Å². The Kier molecular flexibility index (Phi) is 8.85. The fourth-order valence-corrected chi connectivity index (χ4v) is 2.40. The Hall–Kier alpha value is -1.42. The monoisotopic (exact) mass is 327 g/mol. The lowest BCUT2D eigenvalue weighted by atomic mass is 10.2. The number of nitrogens with zero attached hydrogens (tertiary/aromatic N) is 3. The second-order valence-corrected chi connectivity index (χ2v) is 5.78. The molecule has 0 saturated carbocycles. The summed E-state index contributed by atoms with van der Waals surface area (Å²) in [6.45, 7) is 4.43. The molecule has 0 saturated heterocycles. The first-order valence-corrected chi connectivity index (χ1v) is 8.49. The van der Waals surface area contributed by atoms with Crippen molar-refractivity contribution in [3.8, 4) is 0 Å². The summed E-state index contributed by atoms with van der Waals surface area (Å²) in [5.41, 5.74) is 26.6. The van der Waals surface area contributed by atoms with Gasteiger partial charge in [-0.2, -0.15) is 15.0 Å². The molecule has 134 valence electrons. The maximum Gasteiger partial charge on any atom is 0.283 e. The van der Waals surface area contributed by atoms with Crippen LogP contribution in [0.1, 0.15) is 51.9 Å². The maximum atomic E-state index is 6.30. The summed E-state index contributed by atoms with van der Waals surface area (Å²) in [6, 6.07) is 0. The number of hydrogen-bond acceptors (Lipinski definition) is 9. The van der Waals surface area contributed by atoms with E-state index in [9.17, 15) is 0 Å². The van der Waals surface area contributed by atoms with Gasteiger partial charge in [-0.05, 0) is 25.8 Å². The van der Waals surface area contributed by atoms with Crippen molar-refractivity contribution < 1.29 is 0 Å². The van der Waals surface area contributed by atoms with Crippen LogP contribution < -0.4 is 33.7 Å². The van der Waals surface area contributed by atoms with Crippen LogP contribution in [0.5, 0.6) is 0 Å². The zero-order valence-electron chi connectivity index (χ0n) is 14.2. The summed E-state index contributed by atoms with van der Waals surface area (Å²) in [5, 5.41) is 4.48. The number of nitrogens with two attached hydrogens (primary N) is 4. The van der Waals surface area contributed by atoms with Crippen molar-refractivity contribution in [3.63, 3.8) is 0 Å². The summed E-state index contributed by atoms with van der Waals surface area (Å²) in [4.78, 5) is 8.42. The summed E-state index contributed by atoms with van der Waals surface area (Å²) in [5.74, 6) is -0.958. The van der Waals surface area contributed by atoms with Crippen molar-refractivity contribution in [1.29, 1.82) is 0 Å². The van der Waals surface area contributed by atoms with E-state index in [4.69, 9.17) is 22.9 Å². The molecule has 0 atom stereocenters.